The van der Waals surface area contributed by atoms with Crippen molar-refractivity contribution in [3.63, 3.8) is 0 Å². The fraction of sp³-hybridized carbons (Fsp3) is 0.438. The summed E-state index contributed by atoms with van der Waals surface area (Å²) in [6, 6.07) is 4.01. The fourth-order valence-corrected chi connectivity index (χ4v) is 3.22. The van der Waals surface area contributed by atoms with Crippen molar-refractivity contribution in [3.8, 4) is 0 Å². The van der Waals surface area contributed by atoms with Crippen molar-refractivity contribution in [2.24, 2.45) is 11.8 Å². The molecule has 2 aromatic rings. The molecule has 2 aliphatic rings. The summed E-state index contributed by atoms with van der Waals surface area (Å²) in [5.74, 6) is 1.58. The topological polar surface area (TPSA) is 74.1 Å². The number of hydrogen-bond donors (Lipinski definition) is 0. The van der Waals surface area contributed by atoms with E-state index in [0.717, 1.165) is 36.3 Å². The minimum Gasteiger partial charge on any atom is -0.545 e. The Bertz CT molecular complexity index is 705. The third-order valence-electron chi connectivity index (χ3n) is 4.79. The number of fused-ring (bicyclic) bond motifs is 1. The Labute approximate surface area is 146 Å². The summed E-state index contributed by atoms with van der Waals surface area (Å²) in [5.41, 5.74) is 1.09. The van der Waals surface area contributed by atoms with Crippen LogP contribution in [0, 0.1) is 11.8 Å². The van der Waals surface area contributed by atoms with Gasteiger partial charge in [-0.3, -0.25) is 4.68 Å². The number of piperidine rings is 1. The molecule has 2 fully saturated rings. The maximum absolute atomic E-state index is 10.8. The Balaban J connectivity index is 0.00000156. The molecule has 0 radical (unpaired) electrons. The first-order valence-electron chi connectivity index (χ1n) is 7.58. The first-order chi connectivity index (χ1) is 10.6. The molecule has 1 saturated heterocycles. The number of carboxylic acids is 1. The number of pyridine rings is 1. The van der Waals surface area contributed by atoms with Gasteiger partial charge < -0.3 is 14.8 Å². The quantitative estimate of drug-likeness (QED) is 0.595. The van der Waals surface area contributed by atoms with E-state index in [0.29, 0.717) is 0 Å². The van der Waals surface area contributed by atoms with E-state index in [1.165, 1.54) is 18.8 Å². The van der Waals surface area contributed by atoms with Crippen molar-refractivity contribution >= 4 is 11.8 Å². The maximum Gasteiger partial charge on any atom is 1.00 e. The van der Waals surface area contributed by atoms with E-state index in [9.17, 15) is 9.90 Å². The molecule has 7 heteroatoms. The molecule has 1 saturated carbocycles. The monoisotopic (exact) mass is 304 g/mol. The van der Waals surface area contributed by atoms with Gasteiger partial charge in [0.05, 0.1) is 18.2 Å². The van der Waals surface area contributed by atoms with Crippen LogP contribution in [0.2, 0.25) is 0 Å². The number of aromatic carboxylic acids is 1. The average Bonchev–Trinajstić information content (AvgIpc) is 2.95. The molecule has 0 bridgehead atoms. The van der Waals surface area contributed by atoms with Crippen molar-refractivity contribution in [2.45, 2.75) is 19.4 Å². The zero-order valence-electron chi connectivity index (χ0n) is 13.3. The second-order valence-electron chi connectivity index (χ2n) is 6.28. The number of anilines is 1. The van der Waals surface area contributed by atoms with Gasteiger partial charge in [-0.25, -0.2) is 4.98 Å². The molecule has 0 amide bonds. The molecule has 1 aliphatic heterocycles. The molecule has 0 spiro atoms. The van der Waals surface area contributed by atoms with E-state index in [1.807, 2.05) is 25.3 Å². The summed E-state index contributed by atoms with van der Waals surface area (Å²) in [6.07, 6.45) is 6.03. The second kappa shape index (κ2) is 6.03. The SMILES string of the molecule is CC(c1ccc(N2CC3CC3C2)nc1)n1cc(C(=O)[O-])cn1.[Li+]. The Morgan fingerprint density at radius 2 is 2.04 bits per heavy atom. The van der Waals surface area contributed by atoms with Crippen LogP contribution in [0.5, 0.6) is 0 Å². The smallest absolute Gasteiger partial charge is 0.545 e. The van der Waals surface area contributed by atoms with Crippen LogP contribution in [-0.2, 0) is 0 Å². The van der Waals surface area contributed by atoms with Crippen LogP contribution in [0.25, 0.3) is 0 Å². The van der Waals surface area contributed by atoms with Gasteiger partial charge in [0.1, 0.15) is 5.82 Å². The largest absolute Gasteiger partial charge is 1.00 e. The summed E-state index contributed by atoms with van der Waals surface area (Å²) in [4.78, 5) is 17.7. The van der Waals surface area contributed by atoms with Crippen LogP contribution in [0.15, 0.2) is 30.7 Å². The third kappa shape index (κ3) is 3.01. The van der Waals surface area contributed by atoms with Crippen molar-refractivity contribution in [1.82, 2.24) is 14.8 Å². The van der Waals surface area contributed by atoms with Gasteiger partial charge in [0.25, 0.3) is 0 Å². The third-order valence-corrected chi connectivity index (χ3v) is 4.79. The number of carbonyl (C=O) groups excluding carboxylic acids is 1. The summed E-state index contributed by atoms with van der Waals surface area (Å²) in [7, 11) is 0. The summed E-state index contributed by atoms with van der Waals surface area (Å²) in [6.45, 7) is 4.22. The van der Waals surface area contributed by atoms with Crippen molar-refractivity contribution in [3.05, 3.63) is 41.9 Å². The molecule has 0 aromatic carbocycles. The molecule has 3 unspecified atom stereocenters. The number of nitrogens with zero attached hydrogens (tertiary/aromatic N) is 4. The number of hydrogen-bond acceptors (Lipinski definition) is 5. The van der Waals surface area contributed by atoms with E-state index in [1.54, 1.807) is 4.68 Å². The van der Waals surface area contributed by atoms with Crippen LogP contribution in [0.1, 0.15) is 35.3 Å². The number of aromatic nitrogens is 3. The second-order valence-corrected chi connectivity index (χ2v) is 6.28. The fourth-order valence-electron chi connectivity index (χ4n) is 3.22. The Morgan fingerprint density at radius 3 is 2.61 bits per heavy atom. The predicted octanol–water partition coefficient (Wildman–Crippen LogP) is -2.29. The zero-order valence-corrected chi connectivity index (χ0v) is 13.3. The van der Waals surface area contributed by atoms with Crippen molar-refractivity contribution in [2.75, 3.05) is 18.0 Å². The van der Waals surface area contributed by atoms with E-state index < -0.39 is 5.97 Å². The average molecular weight is 304 g/mol. The first kappa shape index (κ1) is 16.1. The number of carbonyl (C=O) groups is 1. The van der Waals surface area contributed by atoms with Crippen LogP contribution in [0.4, 0.5) is 5.82 Å². The summed E-state index contributed by atoms with van der Waals surface area (Å²) >= 11 is 0. The van der Waals surface area contributed by atoms with Crippen molar-refractivity contribution < 1.29 is 28.8 Å². The molecule has 114 valence electrons. The van der Waals surface area contributed by atoms with E-state index in [-0.39, 0.29) is 30.5 Å². The molecule has 3 heterocycles. The van der Waals surface area contributed by atoms with Gasteiger partial charge >= 0.3 is 18.9 Å². The molecule has 23 heavy (non-hydrogen) atoms. The van der Waals surface area contributed by atoms with Crippen LogP contribution < -0.4 is 28.9 Å². The maximum atomic E-state index is 10.8. The predicted molar refractivity (Wildman–Crippen MR) is 78.4 cm³/mol. The van der Waals surface area contributed by atoms with Gasteiger partial charge in [-0.1, -0.05) is 6.07 Å². The Kier molecular flexibility index (Phi) is 4.22. The molecule has 1 aliphatic carbocycles. The molecule has 4 rings (SSSR count). The van der Waals surface area contributed by atoms with Crippen LogP contribution in [-0.4, -0.2) is 33.8 Å². The minimum absolute atomic E-state index is 0. The first-order valence-corrected chi connectivity index (χ1v) is 7.58. The van der Waals surface area contributed by atoms with E-state index in [2.05, 4.69) is 15.0 Å². The molecule has 2 aromatic heterocycles. The van der Waals surface area contributed by atoms with Gasteiger partial charge in [0.15, 0.2) is 0 Å². The van der Waals surface area contributed by atoms with Crippen molar-refractivity contribution in [1.29, 1.82) is 0 Å². The van der Waals surface area contributed by atoms with E-state index >= 15 is 0 Å². The molecule has 3 atom stereocenters. The van der Waals surface area contributed by atoms with E-state index in [4.69, 9.17) is 0 Å². The Morgan fingerprint density at radius 1 is 1.30 bits per heavy atom. The minimum atomic E-state index is -1.21. The van der Waals surface area contributed by atoms with Crippen LogP contribution in [0.3, 0.4) is 0 Å². The van der Waals surface area contributed by atoms with Gasteiger partial charge in [-0.15, -0.1) is 0 Å². The number of rotatable bonds is 4. The Hall–Kier alpha value is -1.77. The molecular formula is C16H17LiN4O2. The molecular weight excluding hydrogens is 287 g/mol. The molecule has 6 nitrogen and oxygen atoms in total. The summed E-state index contributed by atoms with van der Waals surface area (Å²) < 4.78 is 1.62. The van der Waals surface area contributed by atoms with Gasteiger partial charge in [-0.05, 0) is 36.8 Å². The normalized spacial score (nSPS) is 23.1. The summed E-state index contributed by atoms with van der Waals surface area (Å²) in [5, 5.41) is 14.9. The van der Waals surface area contributed by atoms with Gasteiger partial charge in [0, 0.05) is 31.0 Å². The van der Waals surface area contributed by atoms with Crippen LogP contribution >= 0.6 is 0 Å². The standard InChI is InChI=1S/C16H18N4O2.Li/c1-10(20-9-14(6-18-20)16(21)22)11-2-3-15(17-5-11)19-7-12-4-13(12)8-19;/h2-3,5-6,9-10,12-13H,4,7-8H2,1H3,(H,21,22);/q;+1/p-1. The van der Waals surface area contributed by atoms with Gasteiger partial charge in [0.2, 0.25) is 0 Å². The zero-order chi connectivity index (χ0) is 15.3. The number of carboxylic acid groups (broad SMARTS) is 1. The van der Waals surface area contributed by atoms with Gasteiger partial charge in [-0.2, -0.15) is 5.10 Å². The molecule has 0 N–H and O–H groups in total.